The van der Waals surface area contributed by atoms with E-state index in [2.05, 4.69) is 9.97 Å². The second kappa shape index (κ2) is 5.63. The minimum atomic E-state index is -1.11. The molecule has 1 heterocycles. The summed E-state index contributed by atoms with van der Waals surface area (Å²) in [6, 6.07) is 0. The lowest BCUT2D eigenvalue weighted by Crippen LogP contribution is -2.36. The molecule has 5 heteroatoms. The van der Waals surface area contributed by atoms with E-state index in [0.29, 0.717) is 18.5 Å². The van der Waals surface area contributed by atoms with Crippen molar-refractivity contribution in [2.75, 3.05) is 7.11 Å². The zero-order valence-corrected chi connectivity index (χ0v) is 10.7. The summed E-state index contributed by atoms with van der Waals surface area (Å²) >= 11 is 0. The molecule has 1 fully saturated rings. The summed E-state index contributed by atoms with van der Waals surface area (Å²) in [7, 11) is 1.48. The molecule has 0 amide bonds. The van der Waals surface area contributed by atoms with Crippen molar-refractivity contribution >= 4 is 0 Å². The van der Waals surface area contributed by atoms with Gasteiger partial charge in [0.1, 0.15) is 11.8 Å². The topological polar surface area (TPSA) is 75.5 Å². The van der Waals surface area contributed by atoms with Gasteiger partial charge in [0.25, 0.3) is 0 Å². The van der Waals surface area contributed by atoms with Crippen LogP contribution in [0.3, 0.4) is 0 Å². The van der Waals surface area contributed by atoms with Crippen LogP contribution in [0.25, 0.3) is 0 Å². The summed E-state index contributed by atoms with van der Waals surface area (Å²) in [6.07, 6.45) is 7.21. The van der Waals surface area contributed by atoms with Crippen molar-refractivity contribution < 1.29 is 14.9 Å². The largest absolute Gasteiger partial charge is 0.480 e. The predicted octanol–water partition coefficient (Wildman–Crippen LogP) is 1.60. The number of aliphatic hydroxyl groups is 2. The molecule has 0 saturated heterocycles. The Labute approximate surface area is 107 Å². The second-order valence-electron chi connectivity index (χ2n) is 4.87. The average molecular weight is 252 g/mol. The highest BCUT2D eigenvalue weighted by atomic mass is 16.5. The van der Waals surface area contributed by atoms with Gasteiger partial charge in [-0.25, -0.2) is 4.98 Å². The van der Waals surface area contributed by atoms with Crippen LogP contribution in [0.1, 0.15) is 50.3 Å². The highest BCUT2D eigenvalue weighted by Gasteiger charge is 2.39. The van der Waals surface area contributed by atoms with E-state index in [1.165, 1.54) is 19.5 Å². The highest BCUT2D eigenvalue weighted by Crippen LogP contribution is 2.38. The van der Waals surface area contributed by atoms with Gasteiger partial charge in [-0.3, -0.25) is 4.98 Å². The predicted molar refractivity (Wildman–Crippen MR) is 66.2 cm³/mol. The molecule has 1 saturated carbocycles. The number of hydrogen-bond donors (Lipinski definition) is 2. The Morgan fingerprint density at radius 2 is 1.78 bits per heavy atom. The Balaban J connectivity index is 2.25. The molecule has 0 spiro atoms. The first kappa shape index (κ1) is 13.2. The first-order chi connectivity index (χ1) is 8.67. The third kappa shape index (κ3) is 2.62. The fraction of sp³-hybridized carbons (Fsp3) is 0.692. The lowest BCUT2D eigenvalue weighted by molar-refractivity contribution is -0.0894. The van der Waals surface area contributed by atoms with Crippen LogP contribution in [0.5, 0.6) is 5.88 Å². The molecule has 2 N–H and O–H groups in total. The summed E-state index contributed by atoms with van der Waals surface area (Å²) in [6.45, 7) is 0. The van der Waals surface area contributed by atoms with Gasteiger partial charge in [0.05, 0.1) is 12.7 Å². The molecule has 18 heavy (non-hydrogen) atoms. The molecule has 0 aliphatic heterocycles. The Kier molecular flexibility index (Phi) is 4.14. The molecule has 1 unspecified atom stereocenters. The van der Waals surface area contributed by atoms with E-state index in [1.807, 2.05) is 0 Å². The van der Waals surface area contributed by atoms with Crippen LogP contribution in [-0.4, -0.2) is 32.9 Å². The normalized spacial score (nSPS) is 21.1. The maximum absolute atomic E-state index is 10.6. The number of nitrogens with zero attached hydrogens (tertiary/aromatic N) is 2. The summed E-state index contributed by atoms with van der Waals surface area (Å²) in [5.74, 6) is 0.280. The number of ether oxygens (including phenoxy) is 1. The van der Waals surface area contributed by atoms with Gasteiger partial charge in [-0.2, -0.15) is 0 Å². The van der Waals surface area contributed by atoms with Crippen LogP contribution in [0.2, 0.25) is 0 Å². The van der Waals surface area contributed by atoms with E-state index < -0.39 is 11.7 Å². The summed E-state index contributed by atoms with van der Waals surface area (Å²) in [5, 5.41) is 21.0. The monoisotopic (exact) mass is 252 g/mol. The van der Waals surface area contributed by atoms with Crippen LogP contribution in [0, 0.1) is 0 Å². The summed E-state index contributed by atoms with van der Waals surface area (Å²) in [4.78, 5) is 8.11. The molecule has 1 aromatic rings. The number of hydrogen-bond acceptors (Lipinski definition) is 5. The van der Waals surface area contributed by atoms with Gasteiger partial charge >= 0.3 is 0 Å². The van der Waals surface area contributed by atoms with Crippen molar-refractivity contribution in [2.24, 2.45) is 0 Å². The maximum Gasteiger partial charge on any atom is 0.238 e. The van der Waals surface area contributed by atoms with Crippen LogP contribution >= 0.6 is 0 Å². The quantitative estimate of drug-likeness (QED) is 0.799. The first-order valence-corrected chi connectivity index (χ1v) is 6.43. The van der Waals surface area contributed by atoms with Gasteiger partial charge in [-0.15, -0.1) is 0 Å². The van der Waals surface area contributed by atoms with Crippen LogP contribution in [-0.2, 0) is 0 Å². The van der Waals surface area contributed by atoms with Crippen molar-refractivity contribution in [1.29, 1.82) is 0 Å². The van der Waals surface area contributed by atoms with Crippen LogP contribution in [0.4, 0.5) is 0 Å². The van der Waals surface area contributed by atoms with Gasteiger partial charge in [0, 0.05) is 12.4 Å². The molecule has 0 radical (unpaired) electrons. The molecule has 0 aromatic carbocycles. The van der Waals surface area contributed by atoms with E-state index >= 15 is 0 Å². The SMILES string of the molecule is COc1nccnc1C(O)C1(O)CCCCCC1. The third-order valence-corrected chi connectivity index (χ3v) is 3.62. The molecule has 1 aliphatic carbocycles. The smallest absolute Gasteiger partial charge is 0.238 e. The van der Waals surface area contributed by atoms with Gasteiger partial charge < -0.3 is 14.9 Å². The molecular weight excluding hydrogens is 232 g/mol. The lowest BCUT2D eigenvalue weighted by atomic mass is 9.86. The number of rotatable bonds is 3. The van der Waals surface area contributed by atoms with Gasteiger partial charge in [-0.05, 0) is 12.8 Å². The molecule has 0 bridgehead atoms. The molecule has 2 rings (SSSR count). The number of methoxy groups -OCH3 is 1. The van der Waals surface area contributed by atoms with E-state index in [1.54, 1.807) is 0 Å². The third-order valence-electron chi connectivity index (χ3n) is 3.62. The molecule has 5 nitrogen and oxygen atoms in total. The van der Waals surface area contributed by atoms with E-state index in [4.69, 9.17) is 4.74 Å². The Morgan fingerprint density at radius 1 is 1.17 bits per heavy atom. The van der Waals surface area contributed by atoms with Crippen molar-refractivity contribution in [3.8, 4) is 5.88 Å². The molecule has 1 aliphatic rings. The van der Waals surface area contributed by atoms with Gasteiger partial charge in [-0.1, -0.05) is 25.7 Å². The maximum atomic E-state index is 10.6. The zero-order chi connectivity index (χ0) is 13.0. The minimum Gasteiger partial charge on any atom is -0.480 e. The van der Waals surface area contributed by atoms with Gasteiger partial charge in [0.15, 0.2) is 0 Å². The van der Waals surface area contributed by atoms with E-state index in [0.717, 1.165) is 25.7 Å². The zero-order valence-electron chi connectivity index (χ0n) is 10.7. The average Bonchev–Trinajstić information content (AvgIpc) is 2.63. The van der Waals surface area contributed by atoms with E-state index in [9.17, 15) is 10.2 Å². The molecule has 1 aromatic heterocycles. The standard InChI is InChI=1S/C13H20N2O3/c1-18-12-10(14-8-9-15-12)11(16)13(17)6-4-2-3-5-7-13/h8-9,11,16-17H,2-7H2,1H3. The summed E-state index contributed by atoms with van der Waals surface area (Å²) in [5.41, 5.74) is -0.788. The number of aromatic nitrogens is 2. The number of aliphatic hydroxyl groups excluding tert-OH is 1. The van der Waals surface area contributed by atoms with Crippen LogP contribution in [0.15, 0.2) is 12.4 Å². The first-order valence-electron chi connectivity index (χ1n) is 6.43. The second-order valence-corrected chi connectivity index (χ2v) is 4.87. The van der Waals surface area contributed by atoms with Crippen molar-refractivity contribution in [1.82, 2.24) is 9.97 Å². The van der Waals surface area contributed by atoms with Crippen molar-refractivity contribution in [2.45, 2.75) is 50.2 Å². The Hall–Kier alpha value is -1.20. The summed E-state index contributed by atoms with van der Waals surface area (Å²) < 4.78 is 5.09. The van der Waals surface area contributed by atoms with E-state index in [-0.39, 0.29) is 5.88 Å². The van der Waals surface area contributed by atoms with Crippen molar-refractivity contribution in [3.05, 3.63) is 18.1 Å². The molecular formula is C13H20N2O3. The minimum absolute atomic E-state index is 0.280. The molecule has 1 atom stereocenters. The highest BCUT2D eigenvalue weighted by molar-refractivity contribution is 5.22. The van der Waals surface area contributed by atoms with Gasteiger partial charge in [0.2, 0.25) is 5.88 Å². The molecule has 100 valence electrons. The van der Waals surface area contributed by atoms with Crippen molar-refractivity contribution in [3.63, 3.8) is 0 Å². The lowest BCUT2D eigenvalue weighted by Gasteiger charge is -2.31. The fourth-order valence-electron chi connectivity index (χ4n) is 2.55. The Bertz CT molecular complexity index is 390. The Morgan fingerprint density at radius 3 is 2.39 bits per heavy atom. The van der Waals surface area contributed by atoms with Crippen LogP contribution < -0.4 is 4.74 Å². The fourth-order valence-corrected chi connectivity index (χ4v) is 2.55.